The summed E-state index contributed by atoms with van der Waals surface area (Å²) in [6.07, 6.45) is 10.4. The van der Waals surface area contributed by atoms with Gasteiger partial charge in [-0.2, -0.15) is 0 Å². The second kappa shape index (κ2) is 3.80. The number of carbonyl (C=O) groups excluding carboxylic acids is 1. The maximum atomic E-state index is 11.2. The lowest BCUT2D eigenvalue weighted by Crippen LogP contribution is -2.56. The van der Waals surface area contributed by atoms with Crippen LogP contribution >= 0.6 is 0 Å². The molecule has 0 heterocycles. The first-order valence-electron chi connectivity index (χ1n) is 6.39. The fraction of sp³-hybridized carbons (Fsp3) is 0.923. The second-order valence-corrected chi connectivity index (χ2v) is 5.71. The Labute approximate surface area is 92.8 Å². The molecule has 0 unspecified atom stereocenters. The highest BCUT2D eigenvalue weighted by molar-refractivity contribution is 5.73. The smallest absolute Gasteiger partial charge is 0.217 e. The highest BCUT2D eigenvalue weighted by atomic mass is 16.1. The third kappa shape index (κ3) is 2.04. The number of carbonyl (C=O) groups is 1. The molecule has 3 fully saturated rings. The quantitative estimate of drug-likeness (QED) is 0.760. The van der Waals surface area contributed by atoms with Crippen molar-refractivity contribution in [2.45, 2.75) is 70.8 Å². The minimum absolute atomic E-state index is 0.153. The van der Waals surface area contributed by atoms with Crippen LogP contribution < -0.4 is 5.32 Å². The minimum Gasteiger partial charge on any atom is -0.351 e. The van der Waals surface area contributed by atoms with Gasteiger partial charge in [-0.3, -0.25) is 4.79 Å². The molecule has 3 rings (SSSR count). The van der Waals surface area contributed by atoms with E-state index in [0.717, 1.165) is 0 Å². The molecule has 3 aliphatic carbocycles. The molecule has 2 heteroatoms. The van der Waals surface area contributed by atoms with Crippen LogP contribution in [0.2, 0.25) is 0 Å². The topological polar surface area (TPSA) is 29.1 Å². The van der Waals surface area contributed by atoms with Gasteiger partial charge in [0.15, 0.2) is 0 Å². The molecular formula is C13H23NO. The molecule has 15 heavy (non-hydrogen) atoms. The summed E-state index contributed by atoms with van der Waals surface area (Å²) in [4.78, 5) is 11.2. The molecule has 0 aliphatic heterocycles. The Balaban J connectivity index is 2.00. The fourth-order valence-electron chi connectivity index (χ4n) is 3.73. The predicted octanol–water partition coefficient (Wildman–Crippen LogP) is 3.02. The first-order valence-corrected chi connectivity index (χ1v) is 6.39. The Bertz CT molecular complexity index is 235. The van der Waals surface area contributed by atoms with E-state index in [4.69, 9.17) is 0 Å². The lowest BCUT2D eigenvalue weighted by molar-refractivity contribution is -0.123. The lowest BCUT2D eigenvalue weighted by atomic mass is 9.56. The van der Waals surface area contributed by atoms with Crippen molar-refractivity contribution in [3.05, 3.63) is 0 Å². The van der Waals surface area contributed by atoms with E-state index >= 15 is 0 Å². The first-order chi connectivity index (χ1) is 7.10. The minimum atomic E-state index is 0.153. The summed E-state index contributed by atoms with van der Waals surface area (Å²) in [6, 6.07) is 0. The van der Waals surface area contributed by atoms with E-state index in [2.05, 4.69) is 12.2 Å². The zero-order valence-corrected chi connectivity index (χ0v) is 10.1. The Morgan fingerprint density at radius 3 is 2.07 bits per heavy atom. The number of hydrogen-bond acceptors (Lipinski definition) is 1. The largest absolute Gasteiger partial charge is 0.351 e. The summed E-state index contributed by atoms with van der Waals surface area (Å²) in [5.41, 5.74) is 0.830. The molecule has 0 aromatic carbocycles. The Hall–Kier alpha value is -0.530. The summed E-state index contributed by atoms with van der Waals surface area (Å²) < 4.78 is 0. The van der Waals surface area contributed by atoms with E-state index in [-0.39, 0.29) is 11.4 Å². The zero-order chi connectivity index (χ0) is 10.9. The van der Waals surface area contributed by atoms with Crippen molar-refractivity contribution in [2.75, 3.05) is 0 Å². The Kier molecular flexibility index (Phi) is 2.78. The monoisotopic (exact) mass is 209 g/mol. The van der Waals surface area contributed by atoms with Gasteiger partial charge in [0.25, 0.3) is 0 Å². The van der Waals surface area contributed by atoms with Crippen LogP contribution in [0.25, 0.3) is 0 Å². The molecule has 0 aromatic rings. The number of nitrogens with one attached hydrogen (secondary N) is 1. The molecule has 3 aliphatic rings. The summed E-state index contributed by atoms with van der Waals surface area (Å²) in [7, 11) is 0. The van der Waals surface area contributed by atoms with E-state index in [9.17, 15) is 4.79 Å². The highest BCUT2D eigenvalue weighted by Crippen LogP contribution is 2.54. The molecule has 0 radical (unpaired) electrons. The van der Waals surface area contributed by atoms with Crippen LogP contribution in [0, 0.1) is 5.41 Å². The van der Waals surface area contributed by atoms with Gasteiger partial charge in [-0.05, 0) is 50.4 Å². The van der Waals surface area contributed by atoms with Crippen molar-refractivity contribution in [1.82, 2.24) is 5.32 Å². The van der Waals surface area contributed by atoms with Gasteiger partial charge >= 0.3 is 0 Å². The summed E-state index contributed by atoms with van der Waals surface area (Å²) in [5.74, 6) is 0.153. The number of rotatable bonds is 3. The maximum absolute atomic E-state index is 11.2. The standard InChI is InChI=1S/C13H23NO/c1-3-4-12-5-8-13(9-6-12,10-7-12)14-11(2)15/h3-10H2,1-2H3,(H,14,15). The zero-order valence-electron chi connectivity index (χ0n) is 10.1. The summed E-state index contributed by atoms with van der Waals surface area (Å²) in [6.45, 7) is 3.94. The third-order valence-electron chi connectivity index (χ3n) is 4.62. The lowest BCUT2D eigenvalue weighted by Gasteiger charge is -2.53. The van der Waals surface area contributed by atoms with Crippen molar-refractivity contribution in [3.63, 3.8) is 0 Å². The fourth-order valence-corrected chi connectivity index (χ4v) is 3.73. The SMILES string of the molecule is CCCC12CCC(NC(C)=O)(CC1)CC2. The predicted molar refractivity (Wildman–Crippen MR) is 61.6 cm³/mol. The molecular weight excluding hydrogens is 186 g/mol. The van der Waals surface area contributed by atoms with Gasteiger partial charge in [0.1, 0.15) is 0 Å². The number of amides is 1. The van der Waals surface area contributed by atoms with Crippen molar-refractivity contribution in [3.8, 4) is 0 Å². The van der Waals surface area contributed by atoms with Crippen molar-refractivity contribution < 1.29 is 4.79 Å². The van der Waals surface area contributed by atoms with Gasteiger partial charge in [-0.25, -0.2) is 0 Å². The molecule has 86 valence electrons. The average Bonchev–Trinajstić information content (AvgIpc) is 2.20. The highest BCUT2D eigenvalue weighted by Gasteiger charge is 2.48. The molecule has 2 bridgehead atoms. The van der Waals surface area contributed by atoms with Gasteiger partial charge in [0.05, 0.1) is 0 Å². The summed E-state index contributed by atoms with van der Waals surface area (Å²) in [5, 5.41) is 3.20. The molecule has 1 N–H and O–H groups in total. The van der Waals surface area contributed by atoms with Gasteiger partial charge in [0, 0.05) is 12.5 Å². The molecule has 0 aromatic heterocycles. The van der Waals surface area contributed by atoms with E-state index in [1.165, 1.54) is 51.4 Å². The molecule has 1 amide bonds. The van der Waals surface area contributed by atoms with E-state index in [1.807, 2.05) is 0 Å². The van der Waals surface area contributed by atoms with E-state index < -0.39 is 0 Å². The van der Waals surface area contributed by atoms with Crippen LogP contribution in [-0.4, -0.2) is 11.4 Å². The van der Waals surface area contributed by atoms with Crippen LogP contribution in [0.5, 0.6) is 0 Å². The number of fused-ring (bicyclic) bond motifs is 3. The Morgan fingerprint density at radius 2 is 1.67 bits per heavy atom. The van der Waals surface area contributed by atoms with Crippen molar-refractivity contribution in [2.24, 2.45) is 5.41 Å². The molecule has 3 saturated carbocycles. The second-order valence-electron chi connectivity index (χ2n) is 5.71. The van der Waals surface area contributed by atoms with Crippen molar-refractivity contribution >= 4 is 5.91 Å². The molecule has 0 atom stereocenters. The Morgan fingerprint density at radius 1 is 1.13 bits per heavy atom. The van der Waals surface area contributed by atoms with Crippen LogP contribution in [0.15, 0.2) is 0 Å². The van der Waals surface area contributed by atoms with E-state index in [1.54, 1.807) is 6.92 Å². The third-order valence-corrected chi connectivity index (χ3v) is 4.62. The maximum Gasteiger partial charge on any atom is 0.217 e. The normalized spacial score (nSPS) is 39.1. The first kappa shape index (κ1) is 11.0. The molecule has 0 spiro atoms. The van der Waals surface area contributed by atoms with Gasteiger partial charge in [-0.1, -0.05) is 13.3 Å². The van der Waals surface area contributed by atoms with Crippen LogP contribution in [-0.2, 0) is 4.79 Å². The van der Waals surface area contributed by atoms with Crippen LogP contribution in [0.1, 0.15) is 65.2 Å². The average molecular weight is 209 g/mol. The molecule has 2 nitrogen and oxygen atoms in total. The van der Waals surface area contributed by atoms with Crippen LogP contribution in [0.3, 0.4) is 0 Å². The summed E-state index contributed by atoms with van der Waals surface area (Å²) >= 11 is 0. The number of hydrogen-bond donors (Lipinski definition) is 1. The molecule has 0 saturated heterocycles. The van der Waals surface area contributed by atoms with Crippen LogP contribution in [0.4, 0.5) is 0 Å². The van der Waals surface area contributed by atoms with Crippen molar-refractivity contribution in [1.29, 1.82) is 0 Å². The van der Waals surface area contributed by atoms with Gasteiger partial charge in [-0.15, -0.1) is 0 Å². The van der Waals surface area contributed by atoms with E-state index in [0.29, 0.717) is 5.41 Å². The van der Waals surface area contributed by atoms with Gasteiger partial charge in [0.2, 0.25) is 5.91 Å². The van der Waals surface area contributed by atoms with Gasteiger partial charge < -0.3 is 5.32 Å².